The Hall–Kier alpha value is -1.30. The van der Waals surface area contributed by atoms with Crippen molar-refractivity contribution in [2.45, 2.75) is 39.2 Å². The maximum Gasteiger partial charge on any atom is 0.410 e. The lowest BCUT2D eigenvalue weighted by atomic mass is 9.98. The number of hydrogen-bond donors (Lipinski definition) is 2. The van der Waals surface area contributed by atoms with Crippen LogP contribution in [0, 0.1) is 5.92 Å². The van der Waals surface area contributed by atoms with Crippen molar-refractivity contribution in [3.8, 4) is 0 Å². The van der Waals surface area contributed by atoms with Crippen LogP contribution in [0.2, 0.25) is 0 Å². The molecule has 0 aromatic heterocycles. The van der Waals surface area contributed by atoms with Crippen molar-refractivity contribution >= 4 is 12.0 Å². The summed E-state index contributed by atoms with van der Waals surface area (Å²) < 4.78 is 5.35. The number of hydrogen-bond acceptors (Lipinski definition) is 4. The van der Waals surface area contributed by atoms with Crippen LogP contribution in [0.1, 0.15) is 33.6 Å². The molecule has 0 unspecified atom stereocenters. The zero-order valence-corrected chi connectivity index (χ0v) is 12.1. The third-order valence-electron chi connectivity index (χ3n) is 2.94. The van der Waals surface area contributed by atoms with E-state index in [-0.39, 0.29) is 24.5 Å². The van der Waals surface area contributed by atoms with E-state index in [1.165, 1.54) is 0 Å². The Labute approximate surface area is 114 Å². The van der Waals surface area contributed by atoms with Gasteiger partial charge in [0.05, 0.1) is 6.54 Å². The molecule has 2 amide bonds. The van der Waals surface area contributed by atoms with E-state index in [9.17, 15) is 9.59 Å². The SMILES string of the molecule is CC(C)(C)OC(=O)N1CCC[C@@H](CNC(=O)CN)C1. The van der Waals surface area contributed by atoms with Crippen LogP contribution in [0.15, 0.2) is 0 Å². The highest BCUT2D eigenvalue weighted by molar-refractivity contribution is 5.77. The third kappa shape index (κ3) is 5.92. The number of carbonyl (C=O) groups is 2. The van der Waals surface area contributed by atoms with Crippen molar-refractivity contribution in [2.75, 3.05) is 26.2 Å². The maximum absolute atomic E-state index is 11.9. The Bertz CT molecular complexity index is 326. The molecule has 1 fully saturated rings. The molecule has 1 aliphatic rings. The van der Waals surface area contributed by atoms with Crippen LogP contribution >= 0.6 is 0 Å². The first-order valence-electron chi connectivity index (χ1n) is 6.76. The van der Waals surface area contributed by atoms with Gasteiger partial charge in [0.2, 0.25) is 5.91 Å². The highest BCUT2D eigenvalue weighted by Gasteiger charge is 2.27. The van der Waals surface area contributed by atoms with E-state index in [2.05, 4.69) is 5.32 Å². The van der Waals surface area contributed by atoms with Crippen LogP contribution in [0.5, 0.6) is 0 Å². The second kappa shape index (κ2) is 6.75. The number of amides is 2. The molecule has 0 aromatic carbocycles. The molecule has 19 heavy (non-hydrogen) atoms. The Morgan fingerprint density at radius 2 is 2.11 bits per heavy atom. The second-order valence-corrected chi connectivity index (χ2v) is 5.94. The van der Waals surface area contributed by atoms with E-state index in [1.54, 1.807) is 4.90 Å². The largest absolute Gasteiger partial charge is 0.444 e. The van der Waals surface area contributed by atoms with Crippen molar-refractivity contribution in [1.29, 1.82) is 0 Å². The summed E-state index contributed by atoms with van der Waals surface area (Å²) >= 11 is 0. The molecular weight excluding hydrogens is 246 g/mol. The number of likely N-dealkylation sites (tertiary alicyclic amines) is 1. The lowest BCUT2D eigenvalue weighted by Gasteiger charge is -2.34. The summed E-state index contributed by atoms with van der Waals surface area (Å²) in [5.74, 6) is 0.117. The molecule has 3 N–H and O–H groups in total. The number of ether oxygens (including phenoxy) is 1. The van der Waals surface area contributed by atoms with E-state index in [0.29, 0.717) is 13.1 Å². The molecule has 0 radical (unpaired) electrons. The van der Waals surface area contributed by atoms with Crippen LogP contribution in [-0.4, -0.2) is 48.7 Å². The Morgan fingerprint density at radius 3 is 2.68 bits per heavy atom. The average Bonchev–Trinajstić information content (AvgIpc) is 2.34. The van der Waals surface area contributed by atoms with Gasteiger partial charge in [-0.25, -0.2) is 4.79 Å². The molecule has 6 heteroatoms. The lowest BCUT2D eigenvalue weighted by Crippen LogP contribution is -2.46. The molecule has 1 rings (SSSR count). The van der Waals surface area contributed by atoms with Crippen LogP contribution < -0.4 is 11.1 Å². The minimum Gasteiger partial charge on any atom is -0.444 e. The number of piperidine rings is 1. The van der Waals surface area contributed by atoms with Gasteiger partial charge in [-0.3, -0.25) is 4.79 Å². The quantitative estimate of drug-likeness (QED) is 0.791. The van der Waals surface area contributed by atoms with Gasteiger partial charge in [-0.05, 0) is 39.5 Å². The first-order valence-corrected chi connectivity index (χ1v) is 6.76. The third-order valence-corrected chi connectivity index (χ3v) is 2.94. The molecule has 1 aliphatic heterocycles. The van der Waals surface area contributed by atoms with E-state index >= 15 is 0 Å². The van der Waals surface area contributed by atoms with Gasteiger partial charge in [0, 0.05) is 19.6 Å². The number of nitrogens with zero attached hydrogens (tertiary/aromatic N) is 1. The lowest BCUT2D eigenvalue weighted by molar-refractivity contribution is -0.119. The number of nitrogens with one attached hydrogen (secondary N) is 1. The first-order chi connectivity index (χ1) is 8.81. The minimum atomic E-state index is -0.474. The molecule has 6 nitrogen and oxygen atoms in total. The van der Waals surface area contributed by atoms with Crippen LogP contribution in [0.4, 0.5) is 4.79 Å². The van der Waals surface area contributed by atoms with Gasteiger partial charge in [-0.15, -0.1) is 0 Å². The summed E-state index contributed by atoms with van der Waals surface area (Å²) in [6.45, 7) is 7.48. The minimum absolute atomic E-state index is 0.00248. The van der Waals surface area contributed by atoms with Gasteiger partial charge in [0.15, 0.2) is 0 Å². The maximum atomic E-state index is 11.9. The zero-order valence-electron chi connectivity index (χ0n) is 12.1. The molecule has 1 heterocycles. The summed E-state index contributed by atoms with van der Waals surface area (Å²) in [5, 5.41) is 2.77. The van der Waals surface area contributed by atoms with Crippen molar-refractivity contribution < 1.29 is 14.3 Å². The second-order valence-electron chi connectivity index (χ2n) is 5.94. The Balaban J connectivity index is 2.41. The average molecular weight is 271 g/mol. The van der Waals surface area contributed by atoms with Crippen LogP contribution in [0.3, 0.4) is 0 Å². The number of rotatable bonds is 3. The zero-order chi connectivity index (χ0) is 14.5. The first kappa shape index (κ1) is 15.8. The fraction of sp³-hybridized carbons (Fsp3) is 0.846. The fourth-order valence-corrected chi connectivity index (χ4v) is 2.05. The highest BCUT2D eigenvalue weighted by Crippen LogP contribution is 2.18. The standard InChI is InChI=1S/C13H25N3O3/c1-13(2,3)19-12(18)16-6-4-5-10(9-16)8-15-11(17)7-14/h10H,4-9,14H2,1-3H3,(H,15,17)/t10-/m0/s1. The highest BCUT2D eigenvalue weighted by atomic mass is 16.6. The fourth-order valence-electron chi connectivity index (χ4n) is 2.05. The molecule has 0 saturated carbocycles. The predicted octanol–water partition coefficient (Wildman–Crippen LogP) is 0.708. The van der Waals surface area contributed by atoms with Gasteiger partial charge in [-0.1, -0.05) is 0 Å². The topological polar surface area (TPSA) is 84.7 Å². The van der Waals surface area contributed by atoms with Crippen LogP contribution in [0.25, 0.3) is 0 Å². The van der Waals surface area contributed by atoms with Gasteiger partial charge < -0.3 is 20.7 Å². The van der Waals surface area contributed by atoms with Gasteiger partial charge in [0.1, 0.15) is 5.60 Å². The summed E-state index contributed by atoms with van der Waals surface area (Å²) in [7, 11) is 0. The number of nitrogens with two attached hydrogens (primary N) is 1. The van der Waals surface area contributed by atoms with E-state index in [1.807, 2.05) is 20.8 Å². The molecule has 0 aliphatic carbocycles. The molecule has 1 saturated heterocycles. The van der Waals surface area contributed by atoms with E-state index in [4.69, 9.17) is 10.5 Å². The van der Waals surface area contributed by atoms with E-state index < -0.39 is 5.60 Å². The molecule has 0 aromatic rings. The van der Waals surface area contributed by atoms with Crippen LogP contribution in [-0.2, 0) is 9.53 Å². The predicted molar refractivity (Wildman–Crippen MR) is 72.6 cm³/mol. The van der Waals surface area contributed by atoms with Gasteiger partial charge in [-0.2, -0.15) is 0 Å². The summed E-state index contributed by atoms with van der Waals surface area (Å²) in [4.78, 5) is 24.8. The Morgan fingerprint density at radius 1 is 1.42 bits per heavy atom. The van der Waals surface area contributed by atoms with Crippen molar-refractivity contribution in [3.63, 3.8) is 0 Å². The summed E-state index contributed by atoms with van der Waals surface area (Å²) in [6.07, 6.45) is 1.66. The van der Waals surface area contributed by atoms with Gasteiger partial charge >= 0.3 is 6.09 Å². The van der Waals surface area contributed by atoms with E-state index in [0.717, 1.165) is 19.4 Å². The normalized spacial score (nSPS) is 20.0. The molecule has 110 valence electrons. The van der Waals surface area contributed by atoms with Crippen molar-refractivity contribution in [2.24, 2.45) is 11.7 Å². The van der Waals surface area contributed by atoms with Crippen molar-refractivity contribution in [1.82, 2.24) is 10.2 Å². The molecule has 0 spiro atoms. The van der Waals surface area contributed by atoms with Gasteiger partial charge in [0.25, 0.3) is 0 Å². The number of carbonyl (C=O) groups excluding carboxylic acids is 2. The smallest absolute Gasteiger partial charge is 0.410 e. The summed E-state index contributed by atoms with van der Waals surface area (Å²) in [5.41, 5.74) is 4.76. The monoisotopic (exact) mass is 271 g/mol. The Kier molecular flexibility index (Phi) is 5.60. The molecule has 1 atom stereocenters. The molecular formula is C13H25N3O3. The van der Waals surface area contributed by atoms with Crippen molar-refractivity contribution in [3.05, 3.63) is 0 Å². The summed E-state index contributed by atoms with van der Waals surface area (Å²) in [6, 6.07) is 0. The molecule has 0 bridgehead atoms.